The fourth-order valence-corrected chi connectivity index (χ4v) is 3.59. The van der Waals surface area contributed by atoms with Crippen molar-refractivity contribution in [3.05, 3.63) is 76.8 Å². The van der Waals surface area contributed by atoms with Crippen molar-refractivity contribution in [3.63, 3.8) is 0 Å². The highest BCUT2D eigenvalue weighted by Gasteiger charge is 2.17. The molecule has 3 rings (SSSR count). The average molecular weight is 366 g/mol. The minimum Gasteiger partial charge on any atom is -0.349 e. The van der Waals surface area contributed by atoms with Gasteiger partial charge >= 0.3 is 0 Å². The summed E-state index contributed by atoms with van der Waals surface area (Å²) in [5.74, 6) is -0.0800. The highest BCUT2D eigenvalue weighted by molar-refractivity contribution is 7.16. The van der Waals surface area contributed by atoms with E-state index >= 15 is 0 Å². The Labute approximate surface area is 158 Å². The fourth-order valence-electron chi connectivity index (χ4n) is 2.76. The molecule has 3 aromatic rings. The van der Waals surface area contributed by atoms with Gasteiger partial charge in [0.25, 0.3) is 5.91 Å². The number of carbonyl (C=O) groups excluding carboxylic acids is 1. The van der Waals surface area contributed by atoms with Crippen LogP contribution in [0.3, 0.4) is 0 Å². The number of rotatable bonds is 6. The quantitative estimate of drug-likeness (QED) is 0.714. The molecule has 0 bridgehead atoms. The lowest BCUT2D eigenvalue weighted by molar-refractivity contribution is 0.0946. The third-order valence-corrected chi connectivity index (χ3v) is 5.34. The Bertz CT molecular complexity index is 856. The van der Waals surface area contributed by atoms with Gasteiger partial charge in [-0.2, -0.15) is 0 Å². The standard InChI is InChI=1S/C21H23N3OS/c1-15-9-11-16(12-10-15)18(24(2)3)13-22-20(25)19-14-23-21(26-19)17-7-5-4-6-8-17/h4-12,14,18H,13H2,1-3H3,(H,22,25). The summed E-state index contributed by atoms with van der Waals surface area (Å²) in [6.07, 6.45) is 1.65. The number of aryl methyl sites for hydroxylation is 1. The van der Waals surface area contributed by atoms with Gasteiger partial charge in [-0.05, 0) is 26.6 Å². The molecule has 0 aliphatic rings. The molecule has 2 aromatic carbocycles. The molecule has 1 atom stereocenters. The number of aromatic nitrogens is 1. The molecule has 26 heavy (non-hydrogen) atoms. The summed E-state index contributed by atoms with van der Waals surface area (Å²) < 4.78 is 0. The molecule has 1 unspecified atom stereocenters. The van der Waals surface area contributed by atoms with Gasteiger partial charge in [-0.3, -0.25) is 4.79 Å². The largest absolute Gasteiger partial charge is 0.349 e. The Kier molecular flexibility index (Phi) is 5.81. The van der Waals surface area contributed by atoms with E-state index < -0.39 is 0 Å². The van der Waals surface area contributed by atoms with E-state index in [9.17, 15) is 4.79 Å². The summed E-state index contributed by atoms with van der Waals surface area (Å²) in [4.78, 5) is 19.7. The van der Waals surface area contributed by atoms with E-state index in [-0.39, 0.29) is 11.9 Å². The number of nitrogens with one attached hydrogen (secondary N) is 1. The van der Waals surface area contributed by atoms with Crippen molar-refractivity contribution in [2.75, 3.05) is 20.6 Å². The second kappa shape index (κ2) is 8.25. The van der Waals surface area contributed by atoms with Gasteiger partial charge in [0.1, 0.15) is 9.88 Å². The second-order valence-electron chi connectivity index (χ2n) is 6.50. The molecular formula is C21H23N3OS. The van der Waals surface area contributed by atoms with Crippen LogP contribution in [-0.4, -0.2) is 36.4 Å². The smallest absolute Gasteiger partial charge is 0.263 e. The monoisotopic (exact) mass is 365 g/mol. The Balaban J connectivity index is 1.67. The van der Waals surface area contributed by atoms with Gasteiger partial charge in [0.05, 0.1) is 12.2 Å². The first-order valence-electron chi connectivity index (χ1n) is 8.57. The van der Waals surface area contributed by atoms with E-state index in [1.54, 1.807) is 6.20 Å². The molecule has 4 nitrogen and oxygen atoms in total. The number of amides is 1. The average Bonchev–Trinajstić information content (AvgIpc) is 3.14. The van der Waals surface area contributed by atoms with Crippen LogP contribution in [0.4, 0.5) is 0 Å². The predicted octanol–water partition coefficient (Wildman–Crippen LogP) is 4.15. The summed E-state index contributed by atoms with van der Waals surface area (Å²) in [6.45, 7) is 2.62. The number of nitrogens with zero attached hydrogens (tertiary/aromatic N) is 2. The molecule has 0 aliphatic heterocycles. The lowest BCUT2D eigenvalue weighted by Crippen LogP contribution is -2.34. The molecular weight excluding hydrogens is 342 g/mol. The zero-order valence-electron chi connectivity index (χ0n) is 15.3. The van der Waals surface area contributed by atoms with Gasteiger partial charge < -0.3 is 10.2 Å². The number of carbonyl (C=O) groups is 1. The van der Waals surface area contributed by atoms with Crippen LogP contribution < -0.4 is 5.32 Å². The van der Waals surface area contributed by atoms with Gasteiger partial charge in [-0.25, -0.2) is 4.98 Å². The number of benzene rings is 2. The molecule has 0 spiro atoms. The summed E-state index contributed by atoms with van der Waals surface area (Å²) >= 11 is 1.42. The number of hydrogen-bond donors (Lipinski definition) is 1. The second-order valence-corrected chi connectivity index (χ2v) is 7.53. The fraction of sp³-hybridized carbons (Fsp3) is 0.238. The first-order chi connectivity index (χ1) is 12.5. The highest BCUT2D eigenvalue weighted by Crippen LogP contribution is 2.25. The van der Waals surface area contributed by atoms with Crippen LogP contribution in [0.1, 0.15) is 26.8 Å². The Morgan fingerprint density at radius 1 is 1.12 bits per heavy atom. The molecule has 0 radical (unpaired) electrons. The summed E-state index contributed by atoms with van der Waals surface area (Å²) in [7, 11) is 4.05. The van der Waals surface area contributed by atoms with Crippen molar-refractivity contribution >= 4 is 17.2 Å². The van der Waals surface area contributed by atoms with E-state index in [4.69, 9.17) is 0 Å². The van der Waals surface area contributed by atoms with Gasteiger partial charge in [0, 0.05) is 12.1 Å². The minimum atomic E-state index is -0.0800. The maximum absolute atomic E-state index is 12.5. The third kappa shape index (κ3) is 4.36. The predicted molar refractivity (Wildman–Crippen MR) is 107 cm³/mol. The van der Waals surface area contributed by atoms with Gasteiger partial charge in [-0.15, -0.1) is 11.3 Å². The van der Waals surface area contributed by atoms with Crippen LogP contribution in [0.5, 0.6) is 0 Å². The number of thiazole rings is 1. The molecule has 0 saturated heterocycles. The molecule has 1 amide bonds. The number of hydrogen-bond acceptors (Lipinski definition) is 4. The Morgan fingerprint density at radius 2 is 1.81 bits per heavy atom. The minimum absolute atomic E-state index is 0.0800. The molecule has 5 heteroatoms. The first kappa shape index (κ1) is 18.3. The summed E-state index contributed by atoms with van der Waals surface area (Å²) in [5, 5.41) is 3.91. The van der Waals surface area contributed by atoms with E-state index in [0.29, 0.717) is 11.4 Å². The van der Waals surface area contributed by atoms with E-state index in [1.807, 2.05) is 44.4 Å². The maximum Gasteiger partial charge on any atom is 0.263 e. The van der Waals surface area contributed by atoms with Gasteiger partial charge in [0.2, 0.25) is 0 Å². The summed E-state index contributed by atoms with van der Waals surface area (Å²) in [5.41, 5.74) is 3.45. The maximum atomic E-state index is 12.5. The molecule has 0 aliphatic carbocycles. The summed E-state index contributed by atoms with van der Waals surface area (Å²) in [6, 6.07) is 18.5. The van der Waals surface area contributed by atoms with Crippen LogP contribution in [-0.2, 0) is 0 Å². The van der Waals surface area contributed by atoms with Crippen molar-refractivity contribution in [1.82, 2.24) is 15.2 Å². The topological polar surface area (TPSA) is 45.2 Å². The van der Waals surface area contributed by atoms with E-state index in [0.717, 1.165) is 10.6 Å². The van der Waals surface area contributed by atoms with Crippen LogP contribution in [0.2, 0.25) is 0 Å². The molecule has 0 fully saturated rings. The van der Waals surface area contributed by atoms with Gasteiger partial charge in [0.15, 0.2) is 0 Å². The lowest BCUT2D eigenvalue weighted by Gasteiger charge is -2.25. The molecule has 1 N–H and O–H groups in total. The van der Waals surface area contributed by atoms with Crippen LogP contribution in [0.25, 0.3) is 10.6 Å². The third-order valence-electron chi connectivity index (χ3n) is 4.29. The molecule has 1 heterocycles. The van der Waals surface area contributed by atoms with Crippen LogP contribution in [0.15, 0.2) is 60.8 Å². The lowest BCUT2D eigenvalue weighted by atomic mass is 10.0. The van der Waals surface area contributed by atoms with Crippen molar-refractivity contribution in [2.45, 2.75) is 13.0 Å². The van der Waals surface area contributed by atoms with Crippen molar-refractivity contribution in [2.24, 2.45) is 0 Å². The zero-order valence-corrected chi connectivity index (χ0v) is 16.1. The highest BCUT2D eigenvalue weighted by atomic mass is 32.1. The normalized spacial score (nSPS) is 12.2. The van der Waals surface area contributed by atoms with Gasteiger partial charge in [-0.1, -0.05) is 60.2 Å². The molecule has 0 saturated carbocycles. The van der Waals surface area contributed by atoms with E-state index in [1.165, 1.54) is 22.5 Å². The number of likely N-dealkylation sites (N-methyl/N-ethyl adjacent to an activating group) is 1. The zero-order chi connectivity index (χ0) is 18.5. The van der Waals surface area contributed by atoms with Crippen LogP contribution >= 0.6 is 11.3 Å². The van der Waals surface area contributed by atoms with Crippen molar-refractivity contribution < 1.29 is 4.79 Å². The molecule has 1 aromatic heterocycles. The Hall–Kier alpha value is -2.50. The first-order valence-corrected chi connectivity index (χ1v) is 9.38. The van der Waals surface area contributed by atoms with Crippen molar-refractivity contribution in [3.8, 4) is 10.6 Å². The SMILES string of the molecule is Cc1ccc(C(CNC(=O)c2cnc(-c3ccccc3)s2)N(C)C)cc1. The molecule has 134 valence electrons. The van der Waals surface area contributed by atoms with E-state index in [2.05, 4.69) is 46.4 Å². The van der Waals surface area contributed by atoms with Crippen molar-refractivity contribution in [1.29, 1.82) is 0 Å². The van der Waals surface area contributed by atoms with Crippen LogP contribution in [0, 0.1) is 6.92 Å². The Morgan fingerprint density at radius 3 is 2.46 bits per heavy atom.